The van der Waals surface area contributed by atoms with Gasteiger partial charge in [0.05, 0.1) is 16.0 Å². The quantitative estimate of drug-likeness (QED) is 0.456. The summed E-state index contributed by atoms with van der Waals surface area (Å²) in [7, 11) is 0. The van der Waals surface area contributed by atoms with Crippen LogP contribution in [0.15, 0.2) is 12.3 Å². The maximum absolute atomic E-state index is 11.0. The lowest BCUT2D eigenvalue weighted by atomic mass is 10.2. The highest BCUT2D eigenvalue weighted by Crippen LogP contribution is 2.40. The minimum absolute atomic E-state index is 0.285. The van der Waals surface area contributed by atoms with Crippen molar-refractivity contribution in [3.63, 3.8) is 0 Å². The maximum Gasteiger partial charge on any atom is 0.341 e. The zero-order valence-electron chi connectivity index (χ0n) is 9.73. The molecule has 0 spiro atoms. The van der Waals surface area contributed by atoms with Gasteiger partial charge in [-0.2, -0.15) is 10.1 Å². The predicted octanol–water partition coefficient (Wildman–Crippen LogP) is 0.529. The number of rotatable bonds is 4. The molecule has 12 heteroatoms. The Kier molecular flexibility index (Phi) is 3.04. The monoisotopic (exact) mass is 280 g/mol. The first-order chi connectivity index (χ1) is 9.41. The summed E-state index contributed by atoms with van der Waals surface area (Å²) in [6.07, 6.45) is 1.40. The molecule has 20 heavy (non-hydrogen) atoms. The van der Waals surface area contributed by atoms with Crippen LogP contribution in [0.2, 0.25) is 0 Å². The lowest BCUT2D eigenvalue weighted by molar-refractivity contribution is -0.391. The topological polar surface area (TPSA) is 192 Å². The van der Waals surface area contributed by atoms with Crippen molar-refractivity contribution in [2.24, 2.45) is 0 Å². The van der Waals surface area contributed by atoms with E-state index in [1.807, 2.05) is 0 Å². The lowest BCUT2D eigenvalue weighted by Gasteiger charge is -2.07. The molecule has 0 fully saturated rings. The zero-order chi connectivity index (χ0) is 14.9. The summed E-state index contributed by atoms with van der Waals surface area (Å²) in [5, 5.41) is 30.5. The van der Waals surface area contributed by atoms with Gasteiger partial charge in [-0.15, -0.1) is 0 Å². The van der Waals surface area contributed by atoms with Crippen molar-refractivity contribution in [1.29, 1.82) is 0 Å². The fourth-order valence-electron chi connectivity index (χ4n) is 1.52. The summed E-state index contributed by atoms with van der Waals surface area (Å²) < 4.78 is 0. The molecule has 0 radical (unpaired) electrons. The van der Waals surface area contributed by atoms with E-state index in [1.165, 1.54) is 12.3 Å². The van der Waals surface area contributed by atoms with Crippen molar-refractivity contribution in [2.75, 3.05) is 16.8 Å². The Morgan fingerprint density at radius 3 is 2.35 bits per heavy atom. The van der Waals surface area contributed by atoms with Gasteiger partial charge in [-0.3, -0.25) is 25.3 Å². The molecule has 0 atom stereocenters. The average molecular weight is 280 g/mol. The molecule has 0 bridgehead atoms. The summed E-state index contributed by atoms with van der Waals surface area (Å²) in [5.41, 5.74) is 8.64. The van der Waals surface area contributed by atoms with Gasteiger partial charge in [0.25, 0.3) is 0 Å². The lowest BCUT2D eigenvalue weighted by Crippen LogP contribution is -2.09. The third kappa shape index (κ3) is 2.12. The van der Waals surface area contributed by atoms with Crippen LogP contribution in [0.4, 0.5) is 34.5 Å². The number of aromatic nitrogens is 3. The third-order valence-electron chi connectivity index (χ3n) is 2.33. The molecule has 6 N–H and O–H groups in total. The fraction of sp³-hybridized carbons (Fsp3) is 0. The van der Waals surface area contributed by atoms with Gasteiger partial charge in [-0.25, -0.2) is 0 Å². The summed E-state index contributed by atoms with van der Waals surface area (Å²) >= 11 is 0. The average Bonchev–Trinajstić information content (AvgIpc) is 2.79. The van der Waals surface area contributed by atoms with Crippen molar-refractivity contribution < 1.29 is 9.85 Å². The van der Waals surface area contributed by atoms with Crippen LogP contribution in [-0.2, 0) is 0 Å². The molecule has 2 aromatic rings. The van der Waals surface area contributed by atoms with Gasteiger partial charge in [0.2, 0.25) is 11.6 Å². The molecule has 104 valence electrons. The van der Waals surface area contributed by atoms with E-state index in [0.717, 1.165) is 0 Å². The molecule has 2 heterocycles. The molecule has 0 aliphatic rings. The number of hydrogen-bond acceptors (Lipinski definition) is 9. The van der Waals surface area contributed by atoms with Crippen LogP contribution in [0, 0.1) is 20.2 Å². The number of nitrogen functional groups attached to an aromatic ring is 2. The number of hydrogen-bond donors (Lipinski definition) is 4. The van der Waals surface area contributed by atoms with Gasteiger partial charge in [0, 0.05) is 6.07 Å². The normalized spacial score (nSPS) is 10.2. The van der Waals surface area contributed by atoms with Crippen molar-refractivity contribution in [1.82, 2.24) is 15.2 Å². The standard InChI is InChI=1S/C8H8N8O4/c9-4-5(15(17)18)7(10)13-8(6(4)16(19)20)12-3-1-2-11-14-3/h1-2H,(H6,9,10,11,12,13,14). The van der Waals surface area contributed by atoms with Gasteiger partial charge >= 0.3 is 11.4 Å². The van der Waals surface area contributed by atoms with Gasteiger partial charge in [0.15, 0.2) is 5.69 Å². The number of nitrogens with two attached hydrogens (primary N) is 2. The Morgan fingerprint density at radius 2 is 1.85 bits per heavy atom. The van der Waals surface area contributed by atoms with E-state index >= 15 is 0 Å². The Balaban J connectivity index is 2.62. The van der Waals surface area contributed by atoms with Gasteiger partial charge in [-0.1, -0.05) is 0 Å². The first-order valence-corrected chi connectivity index (χ1v) is 5.06. The molecule has 0 aliphatic heterocycles. The molecule has 0 amide bonds. The van der Waals surface area contributed by atoms with E-state index < -0.39 is 32.7 Å². The number of nitrogens with one attached hydrogen (secondary N) is 2. The number of H-pyrrole nitrogens is 1. The van der Waals surface area contributed by atoms with Crippen LogP contribution in [0.3, 0.4) is 0 Å². The molecule has 2 aromatic heterocycles. The third-order valence-corrected chi connectivity index (χ3v) is 2.33. The van der Waals surface area contributed by atoms with Crippen LogP contribution in [-0.4, -0.2) is 25.0 Å². The minimum Gasteiger partial charge on any atom is -0.387 e. The second-order valence-electron chi connectivity index (χ2n) is 3.57. The van der Waals surface area contributed by atoms with Gasteiger partial charge < -0.3 is 16.8 Å². The summed E-state index contributed by atoms with van der Waals surface area (Å²) in [5.74, 6) is -0.562. The van der Waals surface area contributed by atoms with Crippen molar-refractivity contribution in [3.05, 3.63) is 32.5 Å². The first kappa shape index (κ1) is 13.0. The Bertz CT molecular complexity index is 682. The Labute approximate surface area is 110 Å². The van der Waals surface area contributed by atoms with Crippen LogP contribution in [0.5, 0.6) is 0 Å². The van der Waals surface area contributed by atoms with Crippen molar-refractivity contribution in [2.45, 2.75) is 0 Å². The number of nitrogens with zero attached hydrogens (tertiary/aromatic N) is 4. The fourth-order valence-corrected chi connectivity index (χ4v) is 1.52. The number of pyridine rings is 1. The number of anilines is 4. The minimum atomic E-state index is -0.926. The predicted molar refractivity (Wildman–Crippen MR) is 68.2 cm³/mol. The SMILES string of the molecule is Nc1nc(Nc2ccn[nH]2)c([N+](=O)[O-])c(N)c1[N+](=O)[O-]. The second-order valence-corrected chi connectivity index (χ2v) is 3.57. The molecular formula is C8H8N8O4. The van der Waals surface area contributed by atoms with Gasteiger partial charge in [0.1, 0.15) is 5.82 Å². The smallest absolute Gasteiger partial charge is 0.341 e. The highest BCUT2D eigenvalue weighted by molar-refractivity contribution is 5.86. The van der Waals surface area contributed by atoms with Crippen LogP contribution >= 0.6 is 0 Å². The summed E-state index contributed by atoms with van der Waals surface area (Å²) in [6, 6.07) is 1.47. The summed E-state index contributed by atoms with van der Waals surface area (Å²) in [4.78, 5) is 23.6. The molecular weight excluding hydrogens is 272 g/mol. The largest absolute Gasteiger partial charge is 0.387 e. The van der Waals surface area contributed by atoms with E-state index in [1.54, 1.807) is 0 Å². The molecule has 0 aliphatic carbocycles. The first-order valence-electron chi connectivity index (χ1n) is 5.06. The Hall–Kier alpha value is -3.44. The van der Waals surface area contributed by atoms with Crippen LogP contribution in [0.25, 0.3) is 0 Å². The van der Waals surface area contributed by atoms with E-state index in [-0.39, 0.29) is 11.6 Å². The zero-order valence-corrected chi connectivity index (χ0v) is 9.73. The maximum atomic E-state index is 11.0. The number of aromatic amines is 1. The molecule has 0 unspecified atom stereocenters. The Morgan fingerprint density at radius 1 is 1.20 bits per heavy atom. The van der Waals surface area contributed by atoms with Crippen LogP contribution in [0.1, 0.15) is 0 Å². The second kappa shape index (κ2) is 4.68. The number of nitro groups is 2. The molecule has 0 aromatic carbocycles. The van der Waals surface area contributed by atoms with Crippen molar-refractivity contribution in [3.8, 4) is 0 Å². The molecule has 2 rings (SSSR count). The highest BCUT2D eigenvalue weighted by atomic mass is 16.6. The highest BCUT2D eigenvalue weighted by Gasteiger charge is 2.32. The van der Waals surface area contributed by atoms with Crippen molar-refractivity contribution >= 4 is 34.5 Å². The van der Waals surface area contributed by atoms with E-state index in [9.17, 15) is 20.2 Å². The van der Waals surface area contributed by atoms with E-state index in [0.29, 0.717) is 0 Å². The van der Waals surface area contributed by atoms with Crippen LogP contribution < -0.4 is 16.8 Å². The summed E-state index contributed by atoms with van der Waals surface area (Å²) in [6.45, 7) is 0. The van der Waals surface area contributed by atoms with Gasteiger partial charge in [-0.05, 0) is 0 Å². The molecule has 0 saturated carbocycles. The molecule has 0 saturated heterocycles. The van der Waals surface area contributed by atoms with E-state index in [4.69, 9.17) is 11.5 Å². The van der Waals surface area contributed by atoms with E-state index in [2.05, 4.69) is 20.5 Å². The molecule has 12 nitrogen and oxygen atoms in total.